The average molecular weight is 313 g/mol. The molecule has 0 fully saturated rings. The highest BCUT2D eigenvalue weighted by atomic mass is 32.2. The van der Waals surface area contributed by atoms with E-state index in [1.54, 1.807) is 0 Å². The van der Waals surface area contributed by atoms with Crippen LogP contribution in [0.1, 0.15) is 38.2 Å². The molecule has 0 atom stereocenters. The van der Waals surface area contributed by atoms with Crippen LogP contribution in [0.5, 0.6) is 0 Å². The Morgan fingerprint density at radius 1 is 1.33 bits per heavy atom. The van der Waals surface area contributed by atoms with E-state index in [0.29, 0.717) is 18.5 Å². The second-order valence-corrected chi connectivity index (χ2v) is 6.26. The van der Waals surface area contributed by atoms with Crippen molar-refractivity contribution in [3.8, 4) is 11.8 Å². The molecule has 2 N–H and O–H groups in total. The fraction of sp³-hybridized carbons (Fsp3) is 0.467. The van der Waals surface area contributed by atoms with Crippen molar-refractivity contribution in [2.75, 3.05) is 13.2 Å². The summed E-state index contributed by atoms with van der Waals surface area (Å²) in [6.45, 7) is 2.25. The normalized spacial score (nSPS) is 11.0. The fourth-order valence-corrected chi connectivity index (χ4v) is 2.81. The van der Waals surface area contributed by atoms with Gasteiger partial charge < -0.3 is 5.11 Å². The fourth-order valence-electron chi connectivity index (χ4n) is 1.68. The molecule has 0 bridgehead atoms. The van der Waals surface area contributed by atoms with Crippen molar-refractivity contribution in [2.45, 2.75) is 37.5 Å². The van der Waals surface area contributed by atoms with Crippen LogP contribution in [0.4, 0.5) is 4.39 Å². The average Bonchev–Trinajstić information content (AvgIpc) is 2.44. The molecule has 1 aromatic rings. The van der Waals surface area contributed by atoms with Gasteiger partial charge in [-0.2, -0.15) is 0 Å². The molecule has 4 nitrogen and oxygen atoms in total. The van der Waals surface area contributed by atoms with Gasteiger partial charge in [-0.25, -0.2) is 17.5 Å². The van der Waals surface area contributed by atoms with Gasteiger partial charge in [-0.05, 0) is 24.6 Å². The summed E-state index contributed by atoms with van der Waals surface area (Å²) < 4.78 is 40.2. The van der Waals surface area contributed by atoms with Gasteiger partial charge in [0.25, 0.3) is 0 Å². The predicted molar refractivity (Wildman–Crippen MR) is 79.7 cm³/mol. The van der Waals surface area contributed by atoms with Gasteiger partial charge in [-0.1, -0.05) is 31.6 Å². The highest BCUT2D eigenvalue weighted by molar-refractivity contribution is 7.89. The van der Waals surface area contributed by atoms with Crippen LogP contribution in [0.3, 0.4) is 0 Å². The largest absolute Gasteiger partial charge is 0.395 e. The quantitative estimate of drug-likeness (QED) is 0.598. The molecule has 1 rings (SSSR count). The van der Waals surface area contributed by atoms with Gasteiger partial charge in [0.15, 0.2) is 0 Å². The first-order valence-corrected chi connectivity index (χ1v) is 8.38. The number of sulfonamides is 1. The standard InChI is InChI=1S/C15H20FNO3S/c1-2-3-5-10-17-21(19,20)15-9-8-13(12-14(15)16)7-4-6-11-18/h8-9,12,17-18H,2-3,5-6,10-11H2,1H3. The lowest BCUT2D eigenvalue weighted by Crippen LogP contribution is -2.25. The van der Waals surface area contributed by atoms with E-state index in [-0.39, 0.29) is 11.5 Å². The molecule has 0 heterocycles. The lowest BCUT2D eigenvalue weighted by molar-refractivity contribution is 0.305. The van der Waals surface area contributed by atoms with Crippen molar-refractivity contribution in [2.24, 2.45) is 0 Å². The van der Waals surface area contributed by atoms with Crippen LogP contribution in [0.25, 0.3) is 0 Å². The van der Waals surface area contributed by atoms with Gasteiger partial charge in [-0.3, -0.25) is 0 Å². The maximum atomic E-state index is 13.9. The minimum Gasteiger partial charge on any atom is -0.395 e. The summed E-state index contributed by atoms with van der Waals surface area (Å²) in [5, 5.41) is 8.61. The monoisotopic (exact) mass is 313 g/mol. The Morgan fingerprint density at radius 2 is 2.10 bits per heavy atom. The first-order chi connectivity index (χ1) is 10.0. The zero-order valence-electron chi connectivity index (χ0n) is 12.0. The number of hydrogen-bond donors (Lipinski definition) is 2. The third-order valence-corrected chi connectivity index (χ3v) is 4.26. The molecule has 0 aliphatic heterocycles. The van der Waals surface area contributed by atoms with Crippen LogP contribution in [-0.2, 0) is 10.0 Å². The smallest absolute Gasteiger partial charge is 0.243 e. The van der Waals surface area contributed by atoms with Gasteiger partial charge in [0.2, 0.25) is 10.0 Å². The van der Waals surface area contributed by atoms with E-state index in [2.05, 4.69) is 16.6 Å². The minimum atomic E-state index is -3.83. The number of nitrogens with one attached hydrogen (secondary N) is 1. The molecule has 0 unspecified atom stereocenters. The number of aliphatic hydroxyl groups is 1. The maximum Gasteiger partial charge on any atom is 0.243 e. The highest BCUT2D eigenvalue weighted by Gasteiger charge is 2.18. The van der Waals surface area contributed by atoms with E-state index in [0.717, 1.165) is 25.3 Å². The molecule has 0 aromatic heterocycles. The lowest BCUT2D eigenvalue weighted by Gasteiger charge is -2.07. The lowest BCUT2D eigenvalue weighted by atomic mass is 10.2. The summed E-state index contributed by atoms with van der Waals surface area (Å²) in [5.74, 6) is 4.49. The van der Waals surface area contributed by atoms with Gasteiger partial charge >= 0.3 is 0 Å². The number of halogens is 1. The van der Waals surface area contributed by atoms with E-state index in [4.69, 9.17) is 5.11 Å². The first-order valence-electron chi connectivity index (χ1n) is 6.90. The number of rotatable bonds is 7. The van der Waals surface area contributed by atoms with Crippen molar-refractivity contribution >= 4 is 10.0 Å². The molecule has 6 heteroatoms. The first kappa shape index (κ1) is 17.6. The minimum absolute atomic E-state index is 0.0658. The zero-order chi connectivity index (χ0) is 15.7. The number of hydrogen-bond acceptors (Lipinski definition) is 3. The van der Waals surface area contributed by atoms with Crippen molar-refractivity contribution < 1.29 is 17.9 Å². The van der Waals surface area contributed by atoms with Crippen molar-refractivity contribution in [1.82, 2.24) is 4.72 Å². The molecule has 0 aliphatic rings. The molecule has 0 spiro atoms. The summed E-state index contributed by atoms with van der Waals surface area (Å²) >= 11 is 0. The van der Waals surface area contributed by atoms with Gasteiger partial charge in [-0.15, -0.1) is 0 Å². The molecule has 1 aromatic carbocycles. The molecule has 0 amide bonds. The van der Waals surface area contributed by atoms with Crippen LogP contribution < -0.4 is 4.72 Å². The van der Waals surface area contributed by atoms with E-state index in [9.17, 15) is 12.8 Å². The number of benzene rings is 1. The SMILES string of the molecule is CCCCCNS(=O)(=O)c1ccc(C#CCCO)cc1F. The highest BCUT2D eigenvalue weighted by Crippen LogP contribution is 2.15. The van der Waals surface area contributed by atoms with Crippen molar-refractivity contribution in [3.63, 3.8) is 0 Å². The molecular formula is C15H20FNO3S. The summed E-state index contributed by atoms with van der Waals surface area (Å²) in [6.07, 6.45) is 2.92. The topological polar surface area (TPSA) is 66.4 Å². The summed E-state index contributed by atoms with van der Waals surface area (Å²) in [4.78, 5) is -0.369. The molecule has 21 heavy (non-hydrogen) atoms. The van der Waals surface area contributed by atoms with Gasteiger partial charge in [0, 0.05) is 18.5 Å². The molecule has 0 radical (unpaired) electrons. The van der Waals surface area contributed by atoms with Crippen LogP contribution >= 0.6 is 0 Å². The van der Waals surface area contributed by atoms with Crippen LogP contribution in [-0.4, -0.2) is 26.7 Å². The Kier molecular flexibility index (Phi) is 7.37. The summed E-state index contributed by atoms with van der Waals surface area (Å²) in [7, 11) is -3.83. The Labute approximate surface area is 125 Å². The zero-order valence-corrected chi connectivity index (χ0v) is 12.8. The Balaban J connectivity index is 2.82. The Hall–Kier alpha value is -1.42. The second-order valence-electron chi connectivity index (χ2n) is 4.53. The van der Waals surface area contributed by atoms with E-state index < -0.39 is 15.8 Å². The third-order valence-electron chi connectivity index (χ3n) is 2.76. The predicted octanol–water partition coefficient (Wildman–Crippen LogP) is 2.03. The van der Waals surface area contributed by atoms with E-state index in [1.807, 2.05) is 6.92 Å². The van der Waals surface area contributed by atoms with Crippen LogP contribution in [0.15, 0.2) is 23.1 Å². The van der Waals surface area contributed by atoms with Gasteiger partial charge in [0.1, 0.15) is 10.7 Å². The number of unbranched alkanes of at least 4 members (excludes halogenated alkanes) is 2. The van der Waals surface area contributed by atoms with E-state index in [1.165, 1.54) is 12.1 Å². The maximum absolute atomic E-state index is 13.9. The molecule has 0 aliphatic carbocycles. The van der Waals surface area contributed by atoms with E-state index >= 15 is 0 Å². The second kappa shape index (κ2) is 8.78. The van der Waals surface area contributed by atoms with Crippen LogP contribution in [0.2, 0.25) is 0 Å². The Bertz CT molecular complexity index is 618. The third kappa shape index (κ3) is 5.84. The van der Waals surface area contributed by atoms with Gasteiger partial charge in [0.05, 0.1) is 6.61 Å². The number of aliphatic hydroxyl groups excluding tert-OH is 1. The van der Waals surface area contributed by atoms with Crippen molar-refractivity contribution in [3.05, 3.63) is 29.6 Å². The summed E-state index contributed by atoms with van der Waals surface area (Å²) in [5.41, 5.74) is 0.380. The molecule has 116 valence electrons. The molecule has 0 saturated carbocycles. The van der Waals surface area contributed by atoms with Crippen LogP contribution in [0, 0.1) is 17.7 Å². The molecule has 0 saturated heterocycles. The Morgan fingerprint density at radius 3 is 2.71 bits per heavy atom. The van der Waals surface area contributed by atoms with Crippen molar-refractivity contribution in [1.29, 1.82) is 0 Å². The molecular weight excluding hydrogens is 293 g/mol. The summed E-state index contributed by atoms with van der Waals surface area (Å²) in [6, 6.07) is 3.75.